The zero-order valence-corrected chi connectivity index (χ0v) is 15.8. The van der Waals surface area contributed by atoms with Crippen molar-refractivity contribution in [3.8, 4) is 5.75 Å². The van der Waals surface area contributed by atoms with Gasteiger partial charge < -0.3 is 9.47 Å². The number of thiazole rings is 1. The number of alkyl halides is 2. The summed E-state index contributed by atoms with van der Waals surface area (Å²) in [7, 11) is 0. The molecule has 0 saturated heterocycles. The number of rotatable bonds is 6. The summed E-state index contributed by atoms with van der Waals surface area (Å²) in [6.45, 7) is 0.481. The number of anilines is 1. The highest BCUT2D eigenvalue weighted by Crippen LogP contribution is 2.29. The zero-order chi connectivity index (χ0) is 20.3. The van der Waals surface area contributed by atoms with Crippen molar-refractivity contribution in [1.29, 1.82) is 0 Å². The molecule has 0 atom stereocenters. The lowest BCUT2D eigenvalue weighted by Gasteiger charge is -2.06. The van der Waals surface area contributed by atoms with Gasteiger partial charge in [-0.1, -0.05) is 17.4 Å². The summed E-state index contributed by atoms with van der Waals surface area (Å²) in [5, 5.41) is 3.02. The number of carbonyl (C=O) groups is 2. The molecular weight excluding hydrogens is 390 g/mol. The topological polar surface area (TPSA) is 77.5 Å². The molecule has 1 N–H and O–H groups in total. The molecule has 0 bridgehead atoms. The van der Waals surface area contributed by atoms with Gasteiger partial charge in [0.25, 0.3) is 5.91 Å². The summed E-state index contributed by atoms with van der Waals surface area (Å²) >= 11 is 1.33. The van der Waals surface area contributed by atoms with Gasteiger partial charge in [0.1, 0.15) is 5.75 Å². The Morgan fingerprint density at radius 2 is 1.89 bits per heavy atom. The van der Waals surface area contributed by atoms with Crippen molar-refractivity contribution in [3.63, 3.8) is 0 Å². The van der Waals surface area contributed by atoms with Crippen LogP contribution in [0.4, 0.5) is 13.9 Å². The molecule has 0 unspecified atom stereocenters. The standard InChI is InChI=1S/C19H16F2N2O4S/c1-10-7-11(2)16-14(8-10)28-19(23-16)22-15(24)9-26-17(25)12-3-5-13(6-4-12)27-18(20)21/h3-8,18H,9H2,1-2H3,(H,22,23,24). The Kier molecular flexibility index (Phi) is 5.84. The van der Waals surface area contributed by atoms with E-state index in [1.807, 2.05) is 26.0 Å². The summed E-state index contributed by atoms with van der Waals surface area (Å²) in [6.07, 6.45) is 0. The molecule has 9 heteroatoms. The molecule has 0 spiro atoms. The van der Waals surface area contributed by atoms with E-state index < -0.39 is 25.1 Å². The minimum atomic E-state index is -2.95. The molecule has 0 aliphatic heterocycles. The second kappa shape index (κ2) is 8.30. The lowest BCUT2D eigenvalue weighted by molar-refractivity contribution is -0.119. The van der Waals surface area contributed by atoms with Crippen LogP contribution in [0.5, 0.6) is 5.75 Å². The van der Waals surface area contributed by atoms with Crippen molar-refractivity contribution in [2.75, 3.05) is 11.9 Å². The highest BCUT2D eigenvalue weighted by atomic mass is 32.1. The predicted molar refractivity (Wildman–Crippen MR) is 101 cm³/mol. The number of hydrogen-bond acceptors (Lipinski definition) is 6. The fraction of sp³-hybridized carbons (Fsp3) is 0.211. The molecule has 0 saturated carbocycles. The fourth-order valence-electron chi connectivity index (χ4n) is 2.57. The quantitative estimate of drug-likeness (QED) is 0.617. The summed E-state index contributed by atoms with van der Waals surface area (Å²) in [5.74, 6) is -1.36. The molecule has 0 fully saturated rings. The number of fused-ring (bicyclic) bond motifs is 1. The Hall–Kier alpha value is -3.07. The summed E-state index contributed by atoms with van der Waals surface area (Å²) in [4.78, 5) is 28.4. The monoisotopic (exact) mass is 406 g/mol. The molecule has 3 aromatic rings. The second-order valence-electron chi connectivity index (χ2n) is 5.97. The molecule has 6 nitrogen and oxygen atoms in total. The molecule has 2 aromatic carbocycles. The number of aromatic nitrogens is 1. The van der Waals surface area contributed by atoms with E-state index in [2.05, 4.69) is 15.0 Å². The number of nitrogens with zero attached hydrogens (tertiary/aromatic N) is 1. The van der Waals surface area contributed by atoms with Crippen LogP contribution >= 0.6 is 11.3 Å². The Morgan fingerprint density at radius 1 is 1.18 bits per heavy atom. The van der Waals surface area contributed by atoms with Crippen molar-refractivity contribution >= 4 is 38.6 Å². The highest BCUT2D eigenvalue weighted by Gasteiger charge is 2.14. The van der Waals surface area contributed by atoms with Gasteiger partial charge in [-0.25, -0.2) is 9.78 Å². The number of benzene rings is 2. The molecular formula is C19H16F2N2O4S. The number of nitrogens with one attached hydrogen (secondary N) is 1. The summed E-state index contributed by atoms with van der Waals surface area (Å²) in [6, 6.07) is 8.97. The van der Waals surface area contributed by atoms with Crippen LogP contribution in [0.3, 0.4) is 0 Å². The molecule has 0 aliphatic rings. The number of halogens is 2. The third kappa shape index (κ3) is 4.80. The maximum atomic E-state index is 12.1. The van der Waals surface area contributed by atoms with E-state index >= 15 is 0 Å². The van der Waals surface area contributed by atoms with E-state index in [0.717, 1.165) is 21.3 Å². The lowest BCUT2D eigenvalue weighted by atomic mass is 10.1. The first-order valence-electron chi connectivity index (χ1n) is 8.21. The van der Waals surface area contributed by atoms with Gasteiger partial charge in [0, 0.05) is 0 Å². The molecule has 3 rings (SSSR count). The molecule has 1 amide bonds. The van der Waals surface area contributed by atoms with Gasteiger partial charge in [-0.2, -0.15) is 8.78 Å². The minimum Gasteiger partial charge on any atom is -0.452 e. The maximum absolute atomic E-state index is 12.1. The van der Waals surface area contributed by atoms with Crippen molar-refractivity contribution in [1.82, 2.24) is 4.98 Å². The third-order valence-corrected chi connectivity index (χ3v) is 4.64. The van der Waals surface area contributed by atoms with Gasteiger partial charge in [-0.05, 0) is 55.3 Å². The van der Waals surface area contributed by atoms with Crippen LogP contribution in [0, 0.1) is 13.8 Å². The zero-order valence-electron chi connectivity index (χ0n) is 15.0. The average Bonchev–Trinajstić information content (AvgIpc) is 3.02. The molecule has 146 valence electrons. The Labute approximate surface area is 163 Å². The highest BCUT2D eigenvalue weighted by molar-refractivity contribution is 7.22. The SMILES string of the molecule is Cc1cc(C)c2nc(NC(=O)COC(=O)c3ccc(OC(F)F)cc3)sc2c1. The van der Waals surface area contributed by atoms with Gasteiger partial charge in [0.05, 0.1) is 15.8 Å². The minimum absolute atomic E-state index is 0.0781. The molecule has 0 radical (unpaired) electrons. The van der Waals surface area contributed by atoms with E-state index in [4.69, 9.17) is 4.74 Å². The Bertz CT molecular complexity index is 1020. The third-order valence-electron chi connectivity index (χ3n) is 3.73. The number of amides is 1. The number of ether oxygens (including phenoxy) is 2. The van der Waals surface area contributed by atoms with E-state index in [-0.39, 0.29) is 11.3 Å². The van der Waals surface area contributed by atoms with Gasteiger partial charge in [0.2, 0.25) is 0 Å². The van der Waals surface area contributed by atoms with Gasteiger partial charge >= 0.3 is 12.6 Å². The van der Waals surface area contributed by atoms with Crippen LogP contribution in [0.15, 0.2) is 36.4 Å². The number of carbonyl (C=O) groups excluding carboxylic acids is 2. The number of esters is 1. The van der Waals surface area contributed by atoms with E-state index in [1.54, 1.807) is 0 Å². The van der Waals surface area contributed by atoms with E-state index in [9.17, 15) is 18.4 Å². The smallest absolute Gasteiger partial charge is 0.387 e. The summed E-state index contributed by atoms with van der Waals surface area (Å²) in [5.41, 5.74) is 3.04. The van der Waals surface area contributed by atoms with Crippen LogP contribution in [0.25, 0.3) is 10.2 Å². The molecule has 0 aliphatic carbocycles. The maximum Gasteiger partial charge on any atom is 0.387 e. The van der Waals surface area contributed by atoms with Crippen molar-refractivity contribution < 1.29 is 27.8 Å². The largest absolute Gasteiger partial charge is 0.452 e. The predicted octanol–water partition coefficient (Wildman–Crippen LogP) is 4.31. The molecule has 28 heavy (non-hydrogen) atoms. The Balaban J connectivity index is 1.56. The van der Waals surface area contributed by atoms with Crippen LogP contribution in [0.1, 0.15) is 21.5 Å². The molecule has 1 aromatic heterocycles. The van der Waals surface area contributed by atoms with Crippen LogP contribution in [-0.4, -0.2) is 30.1 Å². The average molecular weight is 406 g/mol. The van der Waals surface area contributed by atoms with Gasteiger partial charge in [-0.15, -0.1) is 0 Å². The van der Waals surface area contributed by atoms with Crippen LogP contribution < -0.4 is 10.1 Å². The normalized spacial score (nSPS) is 10.9. The van der Waals surface area contributed by atoms with Crippen molar-refractivity contribution in [2.24, 2.45) is 0 Å². The first-order chi connectivity index (χ1) is 13.3. The first-order valence-corrected chi connectivity index (χ1v) is 9.03. The summed E-state index contributed by atoms with van der Waals surface area (Å²) < 4.78 is 34.3. The van der Waals surface area contributed by atoms with Gasteiger partial charge in [0.15, 0.2) is 11.7 Å². The van der Waals surface area contributed by atoms with Crippen LogP contribution in [-0.2, 0) is 9.53 Å². The number of aryl methyl sites for hydroxylation is 2. The van der Waals surface area contributed by atoms with Crippen molar-refractivity contribution in [2.45, 2.75) is 20.5 Å². The van der Waals surface area contributed by atoms with E-state index in [1.165, 1.54) is 35.6 Å². The first kappa shape index (κ1) is 19.7. The molecule has 1 heterocycles. The van der Waals surface area contributed by atoms with Gasteiger partial charge in [-0.3, -0.25) is 10.1 Å². The number of hydrogen-bond donors (Lipinski definition) is 1. The van der Waals surface area contributed by atoms with Crippen molar-refractivity contribution in [3.05, 3.63) is 53.1 Å². The fourth-order valence-corrected chi connectivity index (χ4v) is 3.62. The van der Waals surface area contributed by atoms with Crippen LogP contribution in [0.2, 0.25) is 0 Å². The lowest BCUT2D eigenvalue weighted by Crippen LogP contribution is -2.20. The van der Waals surface area contributed by atoms with E-state index in [0.29, 0.717) is 5.13 Å². The Morgan fingerprint density at radius 3 is 2.57 bits per heavy atom. The second-order valence-corrected chi connectivity index (χ2v) is 7.01.